The van der Waals surface area contributed by atoms with Crippen LogP contribution in [0.3, 0.4) is 0 Å². The molecule has 0 aliphatic rings. The van der Waals surface area contributed by atoms with Gasteiger partial charge >= 0.3 is 0 Å². The lowest BCUT2D eigenvalue weighted by Crippen LogP contribution is -2.12. The van der Waals surface area contributed by atoms with Gasteiger partial charge < -0.3 is 5.73 Å². The van der Waals surface area contributed by atoms with Gasteiger partial charge in [-0.2, -0.15) is 4.52 Å². The molecule has 0 aliphatic carbocycles. The lowest BCUT2D eigenvalue weighted by atomic mass is 10.1. The summed E-state index contributed by atoms with van der Waals surface area (Å²) in [7, 11) is 0. The molecule has 0 spiro atoms. The number of pyridine rings is 1. The summed E-state index contributed by atoms with van der Waals surface area (Å²) in [5.41, 5.74) is 7.39. The van der Waals surface area contributed by atoms with Gasteiger partial charge in [-0.15, -0.1) is 5.10 Å². The Balaban J connectivity index is 2.60. The molecular weight excluding hydrogens is 166 g/mol. The maximum Gasteiger partial charge on any atom is 0.179 e. The molecule has 1 atom stereocenters. The van der Waals surface area contributed by atoms with Crippen molar-refractivity contribution in [1.29, 1.82) is 0 Å². The van der Waals surface area contributed by atoms with Gasteiger partial charge in [-0.25, -0.2) is 0 Å². The van der Waals surface area contributed by atoms with Crippen LogP contribution in [0.25, 0.3) is 5.65 Å². The third kappa shape index (κ3) is 1.27. The van der Waals surface area contributed by atoms with E-state index in [-0.39, 0.29) is 5.92 Å². The molecule has 2 rings (SSSR count). The van der Waals surface area contributed by atoms with Crippen molar-refractivity contribution in [1.82, 2.24) is 20.0 Å². The number of nitrogens with zero attached hydrogens (tertiary/aromatic N) is 4. The first kappa shape index (κ1) is 8.12. The summed E-state index contributed by atoms with van der Waals surface area (Å²) in [5.74, 6) is 0.271. The number of aromatic nitrogens is 4. The second-order valence-corrected chi connectivity index (χ2v) is 3.04. The van der Waals surface area contributed by atoms with Crippen molar-refractivity contribution < 1.29 is 0 Å². The molecule has 68 valence electrons. The molecule has 0 aliphatic heterocycles. The van der Waals surface area contributed by atoms with E-state index in [9.17, 15) is 0 Å². The zero-order valence-electron chi connectivity index (χ0n) is 7.38. The average molecular weight is 177 g/mol. The summed E-state index contributed by atoms with van der Waals surface area (Å²) in [6.07, 6.45) is 0. The average Bonchev–Trinajstić information content (AvgIpc) is 2.63. The first-order valence-corrected chi connectivity index (χ1v) is 4.20. The van der Waals surface area contributed by atoms with Gasteiger partial charge in [-0.1, -0.05) is 13.0 Å². The topological polar surface area (TPSA) is 69.1 Å². The first-order chi connectivity index (χ1) is 6.33. The molecule has 2 heterocycles. The van der Waals surface area contributed by atoms with E-state index in [0.717, 1.165) is 11.3 Å². The highest BCUT2D eigenvalue weighted by Crippen LogP contribution is 2.13. The summed E-state index contributed by atoms with van der Waals surface area (Å²) in [6.45, 7) is 2.65. The van der Waals surface area contributed by atoms with E-state index in [1.54, 1.807) is 4.52 Å². The van der Waals surface area contributed by atoms with E-state index in [2.05, 4.69) is 22.4 Å². The molecule has 13 heavy (non-hydrogen) atoms. The van der Waals surface area contributed by atoms with E-state index >= 15 is 0 Å². The molecule has 5 nitrogen and oxygen atoms in total. The highest BCUT2D eigenvalue weighted by Gasteiger charge is 2.08. The van der Waals surface area contributed by atoms with Crippen LogP contribution in [0.15, 0.2) is 18.2 Å². The number of hydrogen-bond acceptors (Lipinski definition) is 4. The molecule has 0 radical (unpaired) electrons. The van der Waals surface area contributed by atoms with Gasteiger partial charge in [0.1, 0.15) is 0 Å². The van der Waals surface area contributed by atoms with E-state index in [4.69, 9.17) is 5.73 Å². The molecule has 0 saturated carbocycles. The van der Waals surface area contributed by atoms with E-state index < -0.39 is 0 Å². The third-order valence-corrected chi connectivity index (χ3v) is 2.11. The Labute approximate surface area is 75.5 Å². The molecule has 2 aromatic rings. The Hall–Kier alpha value is -1.49. The highest BCUT2D eigenvalue weighted by molar-refractivity contribution is 5.37. The van der Waals surface area contributed by atoms with E-state index in [1.807, 2.05) is 18.2 Å². The Morgan fingerprint density at radius 3 is 3.15 bits per heavy atom. The summed E-state index contributed by atoms with van der Waals surface area (Å²) < 4.78 is 1.72. The minimum Gasteiger partial charge on any atom is -0.330 e. The molecule has 2 N–H and O–H groups in total. The van der Waals surface area contributed by atoms with Gasteiger partial charge in [0.15, 0.2) is 5.65 Å². The molecule has 0 aromatic carbocycles. The highest BCUT2D eigenvalue weighted by atomic mass is 15.5. The normalized spacial score (nSPS) is 13.4. The number of tetrazole rings is 1. The van der Waals surface area contributed by atoms with Gasteiger partial charge in [0.25, 0.3) is 0 Å². The summed E-state index contributed by atoms with van der Waals surface area (Å²) >= 11 is 0. The van der Waals surface area contributed by atoms with Crippen LogP contribution in [-0.2, 0) is 0 Å². The minimum absolute atomic E-state index is 0.271. The molecule has 0 saturated heterocycles. The third-order valence-electron chi connectivity index (χ3n) is 2.11. The van der Waals surface area contributed by atoms with Crippen LogP contribution in [0.4, 0.5) is 0 Å². The second-order valence-electron chi connectivity index (χ2n) is 3.04. The van der Waals surface area contributed by atoms with Crippen molar-refractivity contribution in [2.24, 2.45) is 5.73 Å². The maximum atomic E-state index is 5.58. The fourth-order valence-electron chi connectivity index (χ4n) is 1.28. The zero-order chi connectivity index (χ0) is 9.26. The van der Waals surface area contributed by atoms with Gasteiger partial charge in [-0.3, -0.25) is 0 Å². The summed E-state index contributed by atoms with van der Waals surface area (Å²) in [5, 5.41) is 11.3. The minimum atomic E-state index is 0.271. The summed E-state index contributed by atoms with van der Waals surface area (Å²) in [4.78, 5) is 0. The van der Waals surface area contributed by atoms with E-state index in [0.29, 0.717) is 6.54 Å². The maximum absolute atomic E-state index is 5.58. The fourth-order valence-corrected chi connectivity index (χ4v) is 1.28. The van der Waals surface area contributed by atoms with Crippen molar-refractivity contribution in [3.63, 3.8) is 0 Å². The van der Waals surface area contributed by atoms with Crippen LogP contribution in [0.1, 0.15) is 18.5 Å². The SMILES string of the molecule is CC(CN)c1cccc2nnnn12. The predicted octanol–water partition coefficient (Wildman–Crippen LogP) is 0.186. The molecule has 2 aromatic heterocycles. The Kier molecular flexibility index (Phi) is 1.94. The van der Waals surface area contributed by atoms with Crippen molar-refractivity contribution in [2.75, 3.05) is 6.54 Å². The number of hydrogen-bond donors (Lipinski definition) is 1. The van der Waals surface area contributed by atoms with Gasteiger partial charge in [0, 0.05) is 12.5 Å². The van der Waals surface area contributed by atoms with Gasteiger partial charge in [0.2, 0.25) is 0 Å². The Bertz CT molecular complexity index is 408. The van der Waals surface area contributed by atoms with Crippen LogP contribution in [0.2, 0.25) is 0 Å². The monoisotopic (exact) mass is 177 g/mol. The molecule has 0 bridgehead atoms. The molecular formula is C8H11N5. The van der Waals surface area contributed by atoms with Crippen LogP contribution in [0.5, 0.6) is 0 Å². The Morgan fingerprint density at radius 1 is 1.54 bits per heavy atom. The molecule has 1 unspecified atom stereocenters. The van der Waals surface area contributed by atoms with Crippen LogP contribution in [0, 0.1) is 0 Å². The number of nitrogens with two attached hydrogens (primary N) is 1. The molecule has 0 fully saturated rings. The van der Waals surface area contributed by atoms with Crippen LogP contribution in [-0.4, -0.2) is 26.6 Å². The van der Waals surface area contributed by atoms with Crippen molar-refractivity contribution in [3.8, 4) is 0 Å². The molecule has 0 amide bonds. The quantitative estimate of drug-likeness (QED) is 0.710. The van der Waals surface area contributed by atoms with E-state index in [1.165, 1.54) is 0 Å². The lowest BCUT2D eigenvalue weighted by molar-refractivity contribution is 0.686. The van der Waals surface area contributed by atoms with Crippen molar-refractivity contribution in [3.05, 3.63) is 23.9 Å². The number of rotatable bonds is 2. The smallest absolute Gasteiger partial charge is 0.179 e. The number of fused-ring (bicyclic) bond motifs is 1. The zero-order valence-corrected chi connectivity index (χ0v) is 7.38. The van der Waals surface area contributed by atoms with Crippen molar-refractivity contribution >= 4 is 5.65 Å². The van der Waals surface area contributed by atoms with Crippen LogP contribution >= 0.6 is 0 Å². The first-order valence-electron chi connectivity index (χ1n) is 4.20. The van der Waals surface area contributed by atoms with Crippen molar-refractivity contribution in [2.45, 2.75) is 12.8 Å². The fraction of sp³-hybridized carbons (Fsp3) is 0.375. The molecule has 5 heteroatoms. The standard InChI is InChI=1S/C8H11N5/c1-6(5-9)7-3-2-4-8-10-11-12-13(7)8/h2-4,6H,5,9H2,1H3. The largest absolute Gasteiger partial charge is 0.330 e. The summed E-state index contributed by atoms with van der Waals surface area (Å²) in [6, 6.07) is 5.79. The Morgan fingerprint density at radius 2 is 2.38 bits per heavy atom. The van der Waals surface area contributed by atoms with Gasteiger partial charge in [-0.05, 0) is 22.6 Å². The predicted molar refractivity (Wildman–Crippen MR) is 48.3 cm³/mol. The van der Waals surface area contributed by atoms with Crippen LogP contribution < -0.4 is 5.73 Å². The lowest BCUT2D eigenvalue weighted by Gasteiger charge is -2.08. The second kappa shape index (κ2) is 3.10. The van der Waals surface area contributed by atoms with Gasteiger partial charge in [0.05, 0.1) is 5.69 Å².